The fourth-order valence-corrected chi connectivity index (χ4v) is 4.58. The second kappa shape index (κ2) is 12.2. The van der Waals surface area contributed by atoms with Gasteiger partial charge in [0.05, 0.1) is 16.8 Å². The van der Waals surface area contributed by atoms with Crippen LogP contribution < -0.4 is 11.1 Å². The first-order chi connectivity index (χ1) is 18.2. The zero-order valence-electron chi connectivity index (χ0n) is 21.9. The molecule has 198 valence electrons. The molecule has 0 unspecified atom stereocenters. The van der Waals surface area contributed by atoms with Crippen LogP contribution in [0.25, 0.3) is 10.9 Å². The van der Waals surface area contributed by atoms with Gasteiger partial charge in [-0.05, 0) is 67.1 Å². The monoisotopic (exact) mass is 517 g/mol. The number of benzene rings is 3. The maximum atomic E-state index is 13.8. The summed E-state index contributed by atoms with van der Waals surface area (Å²) >= 11 is 0. The van der Waals surface area contributed by atoms with Crippen molar-refractivity contribution in [1.29, 1.82) is 0 Å². The van der Waals surface area contributed by atoms with E-state index in [1.165, 1.54) is 17.7 Å². The number of para-hydroxylation sites is 1. The lowest BCUT2D eigenvalue weighted by Crippen LogP contribution is -2.46. The molecule has 0 aliphatic carbocycles. The smallest absolute Gasteiger partial charge is 0.340 e. The van der Waals surface area contributed by atoms with Crippen LogP contribution in [0.2, 0.25) is 0 Å². The second-order valence-corrected chi connectivity index (χ2v) is 9.66. The number of nitrogens with zero attached hydrogens (tertiary/aromatic N) is 1. The summed E-state index contributed by atoms with van der Waals surface area (Å²) in [6.07, 6.45) is 0.311. The van der Waals surface area contributed by atoms with Gasteiger partial charge < -0.3 is 15.8 Å². The number of aromatic nitrogens is 1. The maximum absolute atomic E-state index is 13.8. The number of ether oxygens (including phenoxy) is 1. The van der Waals surface area contributed by atoms with Crippen molar-refractivity contribution >= 4 is 16.9 Å². The quantitative estimate of drug-likeness (QED) is 0.269. The average molecular weight is 518 g/mol. The number of nitrogens with one attached hydrogen (secondary N) is 1. The number of esters is 1. The molecule has 0 saturated carbocycles. The maximum Gasteiger partial charge on any atom is 0.340 e. The average Bonchev–Trinajstić information content (AvgIpc) is 2.87. The van der Waals surface area contributed by atoms with E-state index in [0.29, 0.717) is 23.4 Å². The van der Waals surface area contributed by atoms with Crippen LogP contribution in [0.5, 0.6) is 0 Å². The molecule has 0 bridgehead atoms. The molecule has 4 rings (SSSR count). The summed E-state index contributed by atoms with van der Waals surface area (Å²) in [5.74, 6) is -1.90. The van der Waals surface area contributed by atoms with Crippen LogP contribution in [0, 0.1) is 25.5 Å². The lowest BCUT2D eigenvalue weighted by Gasteiger charge is -2.25. The van der Waals surface area contributed by atoms with E-state index in [0.717, 1.165) is 34.5 Å². The predicted molar refractivity (Wildman–Crippen MR) is 146 cm³/mol. The number of aryl methyl sites for hydroxylation is 3. The third-order valence-electron chi connectivity index (χ3n) is 6.66. The first-order valence-electron chi connectivity index (χ1n) is 12.8. The summed E-state index contributed by atoms with van der Waals surface area (Å²) < 4.78 is 33.5. The van der Waals surface area contributed by atoms with Gasteiger partial charge in [0.1, 0.15) is 17.7 Å². The number of halogens is 2. The number of hydrogen-bond acceptors (Lipinski definition) is 5. The highest BCUT2D eigenvalue weighted by molar-refractivity contribution is 5.95. The van der Waals surface area contributed by atoms with E-state index in [4.69, 9.17) is 10.5 Å². The molecule has 3 N–H and O–H groups in total. The number of pyridine rings is 1. The fourth-order valence-electron chi connectivity index (χ4n) is 4.58. The van der Waals surface area contributed by atoms with Gasteiger partial charge in [-0.3, -0.25) is 4.98 Å². The molecule has 1 heterocycles. The lowest BCUT2D eigenvalue weighted by atomic mass is 10.0. The van der Waals surface area contributed by atoms with Crippen LogP contribution >= 0.6 is 0 Å². The van der Waals surface area contributed by atoms with E-state index in [2.05, 4.69) is 29.4 Å². The van der Waals surface area contributed by atoms with E-state index in [1.54, 1.807) is 13.0 Å². The zero-order chi connectivity index (χ0) is 27.2. The molecule has 7 heteroatoms. The molecule has 0 spiro atoms. The second-order valence-electron chi connectivity index (χ2n) is 9.66. The Hall–Kier alpha value is -3.68. The molecule has 3 aromatic carbocycles. The molecule has 0 aliphatic rings. The SMILES string of the molecule is CCc1cccc(CNC[C@@H](OC(=O)c2cc3cccc(C)c3nc2C)[C@@H](N)Cc2cc(F)cc(F)c2)c1. The van der Waals surface area contributed by atoms with Crippen molar-refractivity contribution in [3.8, 4) is 0 Å². The van der Waals surface area contributed by atoms with E-state index >= 15 is 0 Å². The van der Waals surface area contributed by atoms with Gasteiger partial charge in [0.15, 0.2) is 0 Å². The van der Waals surface area contributed by atoms with Gasteiger partial charge in [0.2, 0.25) is 0 Å². The van der Waals surface area contributed by atoms with Gasteiger partial charge in [-0.25, -0.2) is 13.6 Å². The largest absolute Gasteiger partial charge is 0.456 e. The van der Waals surface area contributed by atoms with Gasteiger partial charge in [0.25, 0.3) is 0 Å². The summed E-state index contributed by atoms with van der Waals surface area (Å²) in [6, 6.07) is 18.4. The fraction of sp³-hybridized carbons (Fsp3) is 0.290. The highest BCUT2D eigenvalue weighted by atomic mass is 19.1. The summed E-state index contributed by atoms with van der Waals surface area (Å²) in [5, 5.41) is 4.17. The van der Waals surface area contributed by atoms with Crippen LogP contribution in [-0.4, -0.2) is 29.6 Å². The van der Waals surface area contributed by atoms with E-state index in [-0.39, 0.29) is 13.0 Å². The standard InChI is InChI=1S/C31H33F2N3O2/c1-4-21-8-6-9-22(11-21)17-35-18-29(28(34)14-23-12-25(32)16-26(33)13-23)38-31(37)27-15-24-10-5-7-19(2)30(24)36-20(27)3/h5-13,15-16,28-29,35H,4,14,17-18,34H2,1-3H3/t28-,29+/m0/s1. The molecule has 0 aliphatic heterocycles. The van der Waals surface area contributed by atoms with Crippen molar-refractivity contribution in [3.05, 3.63) is 112 Å². The first kappa shape index (κ1) is 27.4. The van der Waals surface area contributed by atoms with Crippen molar-refractivity contribution in [3.63, 3.8) is 0 Å². The highest BCUT2D eigenvalue weighted by Gasteiger charge is 2.25. The van der Waals surface area contributed by atoms with Gasteiger partial charge in [0, 0.05) is 30.6 Å². The van der Waals surface area contributed by atoms with Crippen molar-refractivity contribution in [2.75, 3.05) is 6.54 Å². The first-order valence-corrected chi connectivity index (χ1v) is 12.8. The number of rotatable bonds is 10. The van der Waals surface area contributed by atoms with Crippen LogP contribution in [0.4, 0.5) is 8.78 Å². The van der Waals surface area contributed by atoms with Gasteiger partial charge in [-0.1, -0.05) is 49.4 Å². The Labute approximate surface area is 222 Å². The summed E-state index contributed by atoms with van der Waals surface area (Å²) in [7, 11) is 0. The molecule has 38 heavy (non-hydrogen) atoms. The van der Waals surface area contributed by atoms with Crippen LogP contribution in [-0.2, 0) is 24.1 Å². The summed E-state index contributed by atoms with van der Waals surface area (Å²) in [6.45, 7) is 6.66. The van der Waals surface area contributed by atoms with Gasteiger partial charge in [-0.15, -0.1) is 0 Å². The third kappa shape index (κ3) is 6.79. The Balaban J connectivity index is 1.54. The molecule has 0 radical (unpaired) electrons. The number of carbonyl (C=O) groups excluding carboxylic acids is 1. The molecule has 4 aromatic rings. The highest BCUT2D eigenvalue weighted by Crippen LogP contribution is 2.21. The topological polar surface area (TPSA) is 77.2 Å². The Morgan fingerprint density at radius 2 is 1.68 bits per heavy atom. The molecule has 5 nitrogen and oxygen atoms in total. The Morgan fingerprint density at radius 1 is 0.974 bits per heavy atom. The Bertz CT molecular complexity index is 1420. The van der Waals surface area contributed by atoms with Crippen molar-refractivity contribution < 1.29 is 18.3 Å². The normalized spacial score (nSPS) is 12.9. The van der Waals surface area contributed by atoms with Crippen LogP contribution in [0.15, 0.2) is 66.7 Å². The van der Waals surface area contributed by atoms with E-state index in [9.17, 15) is 13.6 Å². The Kier molecular flexibility index (Phi) is 8.81. The Morgan fingerprint density at radius 3 is 2.42 bits per heavy atom. The van der Waals surface area contributed by atoms with Crippen molar-refractivity contribution in [2.45, 2.75) is 52.3 Å². The van der Waals surface area contributed by atoms with E-state index < -0.39 is 29.7 Å². The summed E-state index contributed by atoms with van der Waals surface area (Å²) in [4.78, 5) is 17.9. The lowest BCUT2D eigenvalue weighted by molar-refractivity contribution is 0.0237. The molecule has 2 atom stereocenters. The number of fused-ring (bicyclic) bond motifs is 1. The minimum atomic E-state index is -0.754. The van der Waals surface area contributed by atoms with Crippen molar-refractivity contribution in [1.82, 2.24) is 10.3 Å². The van der Waals surface area contributed by atoms with Gasteiger partial charge >= 0.3 is 5.97 Å². The minimum absolute atomic E-state index is 0.133. The van der Waals surface area contributed by atoms with Gasteiger partial charge in [-0.2, -0.15) is 0 Å². The molecular weight excluding hydrogens is 484 g/mol. The third-order valence-corrected chi connectivity index (χ3v) is 6.66. The molecule has 0 saturated heterocycles. The molecule has 0 fully saturated rings. The van der Waals surface area contributed by atoms with Crippen LogP contribution in [0.1, 0.15) is 45.2 Å². The molecular formula is C31H33F2N3O2. The van der Waals surface area contributed by atoms with Crippen molar-refractivity contribution in [2.24, 2.45) is 5.73 Å². The number of nitrogens with two attached hydrogens (primary N) is 1. The number of carbonyl (C=O) groups is 1. The zero-order valence-corrected chi connectivity index (χ0v) is 21.9. The molecule has 1 aromatic heterocycles. The summed E-state index contributed by atoms with van der Waals surface area (Å²) in [5.41, 5.74) is 12.0. The molecule has 0 amide bonds. The van der Waals surface area contributed by atoms with E-state index in [1.807, 2.05) is 37.3 Å². The minimum Gasteiger partial charge on any atom is -0.456 e. The predicted octanol–water partition coefficient (Wildman–Crippen LogP) is 5.58. The van der Waals surface area contributed by atoms with Crippen LogP contribution in [0.3, 0.4) is 0 Å². The number of hydrogen-bond donors (Lipinski definition) is 2.